The van der Waals surface area contributed by atoms with Crippen LogP contribution in [-0.4, -0.2) is 90.0 Å². The summed E-state index contributed by atoms with van der Waals surface area (Å²) in [7, 11) is 6.63. The number of nitrogens with one attached hydrogen (secondary N) is 1. The molecule has 11 nitrogen and oxygen atoms in total. The number of hydrogen-bond donors (Lipinski definition) is 3. The van der Waals surface area contributed by atoms with E-state index in [1.165, 1.54) is 26.5 Å². The Bertz CT molecular complexity index is 2680. The summed E-state index contributed by atoms with van der Waals surface area (Å²) in [6.07, 6.45) is 0.716. The first-order chi connectivity index (χ1) is 30.0. The van der Waals surface area contributed by atoms with Crippen molar-refractivity contribution in [1.29, 1.82) is 0 Å². The van der Waals surface area contributed by atoms with E-state index in [4.69, 9.17) is 46.3 Å². The maximum absolute atomic E-state index is 13.0. The Morgan fingerprint density at radius 1 is 0.597 bits per heavy atom. The molecular formula is C44H37Cl3N4O7S4. The average molecular weight is 968 g/mol. The molecule has 0 saturated heterocycles. The van der Waals surface area contributed by atoms with Crippen LogP contribution in [0.3, 0.4) is 0 Å². The van der Waals surface area contributed by atoms with Gasteiger partial charge in [0.25, 0.3) is 17.7 Å². The number of carbonyl (C=O) groups is 6. The SMILES string of the molecule is NCCSSCCN.O=C1OC(=O)c2ccc(Cl)c3cccc1c23.O=Cc1cccc2c(Cl)ccc(C(=O)NCCSSCCN3C(=O)c4cccc5c(Cl)ccc(c45)C3=O)c12. The Morgan fingerprint density at radius 3 is 1.66 bits per heavy atom. The van der Waals surface area contributed by atoms with Gasteiger partial charge in [-0.2, -0.15) is 0 Å². The molecule has 320 valence electrons. The molecule has 0 spiro atoms. The third kappa shape index (κ3) is 10.6. The van der Waals surface area contributed by atoms with E-state index in [0.29, 0.717) is 105 Å². The van der Waals surface area contributed by atoms with Crippen LogP contribution in [0.4, 0.5) is 0 Å². The van der Waals surface area contributed by atoms with Gasteiger partial charge in [-0.15, -0.1) is 0 Å². The average Bonchev–Trinajstić information content (AvgIpc) is 3.28. The number of rotatable bonds is 14. The summed E-state index contributed by atoms with van der Waals surface area (Å²) in [5.74, 6) is 1.05. The van der Waals surface area contributed by atoms with Crippen LogP contribution in [0.5, 0.6) is 0 Å². The summed E-state index contributed by atoms with van der Waals surface area (Å²) in [4.78, 5) is 74.7. The van der Waals surface area contributed by atoms with E-state index in [-0.39, 0.29) is 24.3 Å². The lowest BCUT2D eigenvalue weighted by Gasteiger charge is -2.27. The van der Waals surface area contributed by atoms with Crippen molar-refractivity contribution in [3.05, 3.63) is 139 Å². The number of amides is 3. The van der Waals surface area contributed by atoms with Gasteiger partial charge < -0.3 is 21.5 Å². The van der Waals surface area contributed by atoms with E-state index in [1.807, 2.05) is 6.07 Å². The monoisotopic (exact) mass is 966 g/mol. The third-order valence-corrected chi connectivity index (χ3v) is 15.2. The molecule has 0 fully saturated rings. The number of carbonyl (C=O) groups excluding carboxylic acids is 6. The molecule has 62 heavy (non-hydrogen) atoms. The predicted molar refractivity (Wildman–Crippen MR) is 258 cm³/mol. The fourth-order valence-corrected chi connectivity index (χ4v) is 10.9. The number of esters is 2. The molecule has 0 atom stereocenters. The van der Waals surface area contributed by atoms with Gasteiger partial charge in [0.15, 0.2) is 6.29 Å². The first kappa shape index (κ1) is 47.2. The van der Waals surface area contributed by atoms with Crippen LogP contribution in [0.2, 0.25) is 15.1 Å². The van der Waals surface area contributed by atoms with Gasteiger partial charge in [-0.3, -0.25) is 24.1 Å². The van der Waals surface area contributed by atoms with Crippen LogP contribution < -0.4 is 16.8 Å². The molecule has 18 heteroatoms. The van der Waals surface area contributed by atoms with Crippen LogP contribution in [0.1, 0.15) is 62.1 Å². The molecule has 2 aliphatic rings. The van der Waals surface area contributed by atoms with E-state index >= 15 is 0 Å². The molecule has 0 radical (unpaired) electrons. The summed E-state index contributed by atoms with van der Waals surface area (Å²) in [5, 5.41) is 8.14. The van der Waals surface area contributed by atoms with E-state index in [9.17, 15) is 28.8 Å². The Balaban J connectivity index is 0.000000217. The molecule has 2 heterocycles. The quantitative estimate of drug-likeness (QED) is 0.0235. The van der Waals surface area contributed by atoms with E-state index in [2.05, 4.69) is 10.1 Å². The molecule has 0 saturated carbocycles. The van der Waals surface area contributed by atoms with Crippen molar-refractivity contribution in [3.8, 4) is 0 Å². The Labute approximate surface area is 387 Å². The molecule has 0 aromatic heterocycles. The highest BCUT2D eigenvalue weighted by molar-refractivity contribution is 8.77. The molecule has 0 bridgehead atoms. The molecule has 5 N–H and O–H groups in total. The normalized spacial score (nSPS) is 12.8. The molecule has 0 unspecified atom stereocenters. The fourth-order valence-electron chi connectivity index (χ4n) is 6.67. The van der Waals surface area contributed by atoms with Crippen molar-refractivity contribution < 1.29 is 33.5 Å². The van der Waals surface area contributed by atoms with Crippen molar-refractivity contribution >= 4 is 146 Å². The second kappa shape index (κ2) is 22.4. The Morgan fingerprint density at radius 2 is 1.06 bits per heavy atom. The molecule has 6 aromatic rings. The summed E-state index contributed by atoms with van der Waals surface area (Å²) in [6, 6.07) is 25.4. The highest BCUT2D eigenvalue weighted by Gasteiger charge is 2.33. The molecular weight excluding hydrogens is 931 g/mol. The van der Waals surface area contributed by atoms with Crippen LogP contribution in [0.15, 0.2) is 91.0 Å². The molecule has 6 aromatic carbocycles. The Kier molecular flexibility index (Phi) is 17.0. The minimum atomic E-state index is -0.620. The van der Waals surface area contributed by atoms with Gasteiger partial charge in [0.05, 0.1) is 11.1 Å². The standard InChI is InChI=1S/C28H20Cl2N2O4S2.C12H5ClO3.C4H12N2S2/c29-22-9-7-19(24-16(15-33)3-1-4-17(22)24)26(34)31-11-13-37-38-14-12-32-27(35)20-6-2-5-18-23(30)10-8-21(25(18)20)28(32)36;13-9-5-4-8-10-6(9)2-1-3-7(10)11(14)16-12(8)15;5-1-3-7-8-4-2-6/h1-10,15H,11-14H2,(H,31,34);1-5H;1-6H2. The number of nitrogens with zero attached hydrogens (tertiary/aromatic N) is 1. The van der Waals surface area contributed by atoms with Crippen molar-refractivity contribution in [2.75, 3.05) is 49.2 Å². The molecule has 2 aliphatic heterocycles. The summed E-state index contributed by atoms with van der Waals surface area (Å²) in [5.41, 5.74) is 13.0. The number of hydrogen-bond acceptors (Lipinski definition) is 13. The van der Waals surface area contributed by atoms with Crippen molar-refractivity contribution in [2.45, 2.75) is 0 Å². The predicted octanol–water partition coefficient (Wildman–Crippen LogP) is 9.61. The smallest absolute Gasteiger partial charge is 0.346 e. The highest BCUT2D eigenvalue weighted by atomic mass is 35.5. The zero-order valence-electron chi connectivity index (χ0n) is 32.6. The summed E-state index contributed by atoms with van der Waals surface area (Å²) in [6.45, 7) is 2.21. The lowest BCUT2D eigenvalue weighted by molar-refractivity contribution is 0.0389. The van der Waals surface area contributed by atoms with Crippen LogP contribution in [0.25, 0.3) is 32.3 Å². The van der Waals surface area contributed by atoms with Crippen LogP contribution in [-0.2, 0) is 4.74 Å². The lowest BCUT2D eigenvalue weighted by Crippen LogP contribution is -2.41. The van der Waals surface area contributed by atoms with Crippen LogP contribution in [0, 0.1) is 0 Å². The van der Waals surface area contributed by atoms with Gasteiger partial charge >= 0.3 is 11.9 Å². The van der Waals surface area contributed by atoms with Crippen LogP contribution >= 0.6 is 78.0 Å². The number of ether oxygens (including phenoxy) is 1. The number of nitrogens with two attached hydrogens (primary N) is 2. The van der Waals surface area contributed by atoms with Crippen molar-refractivity contribution in [2.24, 2.45) is 11.5 Å². The van der Waals surface area contributed by atoms with Gasteiger partial charge in [-0.05, 0) is 48.5 Å². The summed E-state index contributed by atoms with van der Waals surface area (Å²) < 4.78 is 4.62. The van der Waals surface area contributed by atoms with Gasteiger partial charge in [0.2, 0.25) is 0 Å². The van der Waals surface area contributed by atoms with E-state index in [0.717, 1.165) is 24.6 Å². The van der Waals surface area contributed by atoms with E-state index < -0.39 is 11.9 Å². The summed E-state index contributed by atoms with van der Waals surface area (Å²) >= 11 is 18.5. The van der Waals surface area contributed by atoms with Gasteiger partial charge in [0, 0.05) is 119 Å². The largest absolute Gasteiger partial charge is 0.386 e. The topological polar surface area (TPSA) is 179 Å². The third-order valence-electron chi connectivity index (χ3n) is 9.38. The number of imide groups is 1. The first-order valence-corrected chi connectivity index (χ1v) is 25.0. The number of fused-ring (bicyclic) bond motifs is 1. The zero-order chi connectivity index (χ0) is 44.3. The maximum atomic E-state index is 13.0. The number of benzene rings is 6. The zero-order valence-corrected chi connectivity index (χ0v) is 38.2. The second-order valence-electron chi connectivity index (χ2n) is 13.2. The van der Waals surface area contributed by atoms with E-state index in [1.54, 1.807) is 107 Å². The number of cyclic esters (lactones) is 2. The van der Waals surface area contributed by atoms with Gasteiger partial charge in [-0.25, -0.2) is 9.59 Å². The van der Waals surface area contributed by atoms with Gasteiger partial charge in [0.1, 0.15) is 0 Å². The first-order valence-electron chi connectivity index (χ1n) is 18.9. The fraction of sp³-hybridized carbons (Fsp3) is 0.182. The van der Waals surface area contributed by atoms with Gasteiger partial charge in [-0.1, -0.05) is 120 Å². The Hall–Kier alpha value is -4.29. The minimum Gasteiger partial charge on any atom is -0.386 e. The highest BCUT2D eigenvalue weighted by Crippen LogP contribution is 2.36. The minimum absolute atomic E-state index is 0.269. The number of aldehydes is 1. The molecule has 8 rings (SSSR count). The number of halogens is 3. The molecule has 0 aliphatic carbocycles. The second-order valence-corrected chi connectivity index (χ2v) is 19.8. The maximum Gasteiger partial charge on any atom is 0.346 e. The van der Waals surface area contributed by atoms with Crippen molar-refractivity contribution in [1.82, 2.24) is 10.2 Å². The van der Waals surface area contributed by atoms with Crippen molar-refractivity contribution in [3.63, 3.8) is 0 Å². The molecule has 3 amide bonds. The lowest BCUT2D eigenvalue weighted by atomic mass is 9.94.